The highest BCUT2D eigenvalue weighted by Crippen LogP contribution is 2.32. The number of aromatic nitrogens is 3. The quantitative estimate of drug-likeness (QED) is 0.765. The minimum Gasteiger partial charge on any atom is -0.485 e. The Labute approximate surface area is 157 Å². The van der Waals surface area contributed by atoms with Crippen molar-refractivity contribution in [3.63, 3.8) is 0 Å². The first-order valence-electron chi connectivity index (χ1n) is 9.42. The minimum absolute atomic E-state index is 0.0474. The molecule has 3 heterocycles. The summed E-state index contributed by atoms with van der Waals surface area (Å²) in [6, 6.07) is 7.55. The van der Waals surface area contributed by atoms with E-state index in [2.05, 4.69) is 10.3 Å². The predicted molar refractivity (Wildman–Crippen MR) is 94.4 cm³/mol. The monoisotopic (exact) mass is 370 g/mol. The van der Waals surface area contributed by atoms with Crippen molar-refractivity contribution in [3.05, 3.63) is 36.2 Å². The van der Waals surface area contributed by atoms with Crippen molar-refractivity contribution in [2.24, 2.45) is 5.92 Å². The summed E-state index contributed by atoms with van der Waals surface area (Å²) < 4.78 is 18.9. The van der Waals surface area contributed by atoms with E-state index in [-0.39, 0.29) is 18.6 Å². The zero-order chi connectivity index (χ0) is 18.2. The summed E-state index contributed by atoms with van der Waals surface area (Å²) in [7, 11) is 0. The van der Waals surface area contributed by atoms with Crippen LogP contribution < -0.4 is 9.47 Å². The Balaban J connectivity index is 1.12. The Morgan fingerprint density at radius 1 is 1.22 bits per heavy atom. The second-order valence-corrected chi connectivity index (χ2v) is 7.41. The van der Waals surface area contributed by atoms with Crippen molar-refractivity contribution in [2.45, 2.75) is 31.6 Å². The van der Waals surface area contributed by atoms with Crippen molar-refractivity contribution in [1.29, 1.82) is 0 Å². The molecule has 3 aliphatic rings. The molecule has 5 rings (SSSR count). The largest absolute Gasteiger partial charge is 0.485 e. The second-order valence-electron chi connectivity index (χ2n) is 7.41. The number of para-hydroxylation sites is 2. The number of hydrogen-bond acceptors (Lipinski definition) is 6. The molecule has 1 amide bonds. The summed E-state index contributed by atoms with van der Waals surface area (Å²) in [5.41, 5.74) is 0.834. The third kappa shape index (κ3) is 3.49. The number of fused-ring (bicyclic) bond motifs is 1. The van der Waals surface area contributed by atoms with E-state index in [0.717, 1.165) is 18.2 Å². The molecule has 1 aromatic carbocycles. The third-order valence-corrected chi connectivity index (χ3v) is 5.19. The van der Waals surface area contributed by atoms with E-state index in [4.69, 9.17) is 14.2 Å². The van der Waals surface area contributed by atoms with Crippen molar-refractivity contribution < 1.29 is 19.0 Å². The van der Waals surface area contributed by atoms with Crippen molar-refractivity contribution in [1.82, 2.24) is 19.9 Å². The number of hydrogen-bond donors (Lipinski definition) is 0. The molecule has 1 aliphatic carbocycles. The number of benzene rings is 1. The summed E-state index contributed by atoms with van der Waals surface area (Å²) in [6.07, 6.45) is 3.87. The summed E-state index contributed by atoms with van der Waals surface area (Å²) in [4.78, 5) is 14.4. The predicted octanol–water partition coefficient (Wildman–Crippen LogP) is 1.43. The fourth-order valence-corrected chi connectivity index (χ4v) is 3.32. The molecule has 0 radical (unpaired) electrons. The molecule has 0 spiro atoms. The Morgan fingerprint density at radius 2 is 2.04 bits per heavy atom. The van der Waals surface area contributed by atoms with Gasteiger partial charge in [-0.2, -0.15) is 0 Å². The molecule has 1 saturated carbocycles. The van der Waals surface area contributed by atoms with Crippen LogP contribution in [0.25, 0.3) is 0 Å². The summed E-state index contributed by atoms with van der Waals surface area (Å²) in [5.74, 6) is 1.99. The molecule has 1 aromatic heterocycles. The lowest BCUT2D eigenvalue weighted by Gasteiger charge is -2.41. The molecule has 2 aromatic rings. The second kappa shape index (κ2) is 6.84. The summed E-state index contributed by atoms with van der Waals surface area (Å²) >= 11 is 0. The van der Waals surface area contributed by atoms with E-state index in [9.17, 15) is 4.79 Å². The van der Waals surface area contributed by atoms with Crippen LogP contribution in [0.3, 0.4) is 0 Å². The SMILES string of the molecule is O=C(C1COc2ccccc2O1)N1CC(n2cc(COCC3CC3)nn2)C1. The van der Waals surface area contributed by atoms with Crippen LogP contribution in [0.15, 0.2) is 30.5 Å². The van der Waals surface area contributed by atoms with Gasteiger partial charge in [0.25, 0.3) is 5.91 Å². The summed E-state index contributed by atoms with van der Waals surface area (Å²) in [5, 5.41) is 8.34. The molecule has 8 nitrogen and oxygen atoms in total. The lowest BCUT2D eigenvalue weighted by atomic mass is 10.1. The highest BCUT2D eigenvalue weighted by molar-refractivity contribution is 5.82. The minimum atomic E-state index is -0.594. The van der Waals surface area contributed by atoms with Crippen molar-refractivity contribution >= 4 is 5.91 Å². The maximum absolute atomic E-state index is 12.6. The molecule has 1 unspecified atom stereocenters. The molecular weight excluding hydrogens is 348 g/mol. The number of rotatable bonds is 6. The standard InChI is InChI=1S/C19H22N4O4/c24-19(18-12-26-16-3-1-2-4-17(16)27-18)22-8-15(9-22)23-7-14(20-21-23)11-25-10-13-5-6-13/h1-4,7,13,15,18H,5-6,8-12H2. The average molecular weight is 370 g/mol. The normalized spacial score (nSPS) is 21.8. The summed E-state index contributed by atoms with van der Waals surface area (Å²) in [6.45, 7) is 2.75. The van der Waals surface area contributed by atoms with Gasteiger partial charge in [0.15, 0.2) is 11.5 Å². The highest BCUT2D eigenvalue weighted by Gasteiger charge is 2.38. The van der Waals surface area contributed by atoms with E-state index >= 15 is 0 Å². The van der Waals surface area contributed by atoms with E-state index in [0.29, 0.717) is 31.2 Å². The molecule has 142 valence electrons. The first-order valence-corrected chi connectivity index (χ1v) is 9.42. The van der Waals surface area contributed by atoms with Crippen molar-refractivity contribution in [3.8, 4) is 11.5 Å². The van der Waals surface area contributed by atoms with Gasteiger partial charge < -0.3 is 19.1 Å². The van der Waals surface area contributed by atoms with Gasteiger partial charge in [-0.1, -0.05) is 17.3 Å². The number of amides is 1. The van der Waals surface area contributed by atoms with Gasteiger partial charge >= 0.3 is 0 Å². The van der Waals surface area contributed by atoms with Gasteiger partial charge in [-0.3, -0.25) is 4.79 Å². The average Bonchev–Trinajstić information content (AvgIpc) is 3.37. The van der Waals surface area contributed by atoms with Crippen LogP contribution in [0, 0.1) is 5.92 Å². The fraction of sp³-hybridized carbons (Fsp3) is 0.526. The Morgan fingerprint density at radius 3 is 2.85 bits per heavy atom. The number of likely N-dealkylation sites (tertiary alicyclic amines) is 1. The van der Waals surface area contributed by atoms with E-state index in [1.807, 2.05) is 35.1 Å². The van der Waals surface area contributed by atoms with Gasteiger partial charge in [0.1, 0.15) is 12.3 Å². The van der Waals surface area contributed by atoms with Gasteiger partial charge in [0, 0.05) is 19.7 Å². The molecule has 2 fully saturated rings. The van der Waals surface area contributed by atoms with Gasteiger partial charge in [0.2, 0.25) is 6.10 Å². The van der Waals surface area contributed by atoms with E-state index in [1.165, 1.54) is 12.8 Å². The van der Waals surface area contributed by atoms with E-state index < -0.39 is 6.10 Å². The number of ether oxygens (including phenoxy) is 3. The fourth-order valence-electron chi connectivity index (χ4n) is 3.32. The zero-order valence-corrected chi connectivity index (χ0v) is 15.0. The first-order chi connectivity index (χ1) is 13.3. The maximum atomic E-state index is 12.6. The lowest BCUT2D eigenvalue weighted by molar-refractivity contribution is -0.147. The number of carbonyl (C=O) groups is 1. The van der Waals surface area contributed by atoms with Crippen LogP contribution in [0.4, 0.5) is 0 Å². The molecule has 1 atom stereocenters. The molecular formula is C19H22N4O4. The lowest BCUT2D eigenvalue weighted by Crippen LogP contribution is -2.56. The number of carbonyl (C=O) groups excluding carboxylic acids is 1. The molecule has 2 aliphatic heterocycles. The van der Waals surface area contributed by atoms with Gasteiger partial charge in [-0.25, -0.2) is 4.68 Å². The van der Waals surface area contributed by atoms with Crippen LogP contribution in [0.5, 0.6) is 11.5 Å². The van der Waals surface area contributed by atoms with Crippen LogP contribution in [-0.4, -0.2) is 58.2 Å². The molecule has 0 N–H and O–H groups in total. The van der Waals surface area contributed by atoms with Crippen LogP contribution in [-0.2, 0) is 16.1 Å². The van der Waals surface area contributed by atoms with Crippen LogP contribution in [0.1, 0.15) is 24.6 Å². The first kappa shape index (κ1) is 16.6. The molecule has 8 heteroatoms. The van der Waals surface area contributed by atoms with Gasteiger partial charge in [0.05, 0.1) is 18.8 Å². The molecule has 1 saturated heterocycles. The van der Waals surface area contributed by atoms with Crippen LogP contribution >= 0.6 is 0 Å². The Bertz CT molecular complexity index is 829. The maximum Gasteiger partial charge on any atom is 0.267 e. The zero-order valence-electron chi connectivity index (χ0n) is 15.0. The topological polar surface area (TPSA) is 78.7 Å². The van der Waals surface area contributed by atoms with Gasteiger partial charge in [-0.15, -0.1) is 5.10 Å². The number of nitrogens with zero attached hydrogens (tertiary/aromatic N) is 4. The smallest absolute Gasteiger partial charge is 0.267 e. The molecule has 0 bridgehead atoms. The van der Waals surface area contributed by atoms with E-state index in [1.54, 1.807) is 4.90 Å². The Hall–Kier alpha value is -2.61. The Kier molecular flexibility index (Phi) is 4.20. The molecule has 27 heavy (non-hydrogen) atoms. The highest BCUT2D eigenvalue weighted by atomic mass is 16.6. The third-order valence-electron chi connectivity index (χ3n) is 5.19. The van der Waals surface area contributed by atoms with Crippen LogP contribution in [0.2, 0.25) is 0 Å². The van der Waals surface area contributed by atoms with Gasteiger partial charge in [-0.05, 0) is 30.9 Å². The van der Waals surface area contributed by atoms with Crippen molar-refractivity contribution in [2.75, 3.05) is 26.3 Å².